The van der Waals surface area contributed by atoms with E-state index in [-0.39, 0.29) is 11.9 Å². The first kappa shape index (κ1) is 18.1. The minimum Gasteiger partial charge on any atom is -0.329 e. The number of nitrogens with one attached hydrogen (secondary N) is 2. The maximum Gasteiger partial charge on any atom is 0.211 e. The molecule has 1 amide bonds. The number of amides is 1. The second kappa shape index (κ2) is 9.78. The number of anilines is 1. The van der Waals surface area contributed by atoms with Crippen LogP contribution in [-0.4, -0.2) is 25.7 Å². The van der Waals surface area contributed by atoms with Crippen LogP contribution in [0.2, 0.25) is 0 Å². The quantitative estimate of drug-likeness (QED) is 0.516. The van der Waals surface area contributed by atoms with Crippen LogP contribution in [0.4, 0.5) is 14.5 Å². The van der Waals surface area contributed by atoms with Crippen LogP contribution in [0, 0.1) is 5.82 Å². The Morgan fingerprint density at radius 1 is 1.00 bits per heavy atom. The maximum absolute atomic E-state index is 13.2. The molecule has 0 fully saturated rings. The maximum atomic E-state index is 13.2. The monoisotopic (exact) mass is 332 g/mol. The van der Waals surface area contributed by atoms with Crippen LogP contribution in [0.3, 0.4) is 0 Å². The van der Waals surface area contributed by atoms with Crippen LogP contribution >= 0.6 is 0 Å². The highest BCUT2D eigenvalue weighted by molar-refractivity contribution is 5.71. The van der Waals surface area contributed by atoms with E-state index >= 15 is 0 Å². The fraction of sp³-hybridized carbons (Fsp3) is 0.316. The number of halogens is 2. The Bertz CT molecular complexity index is 614. The van der Waals surface area contributed by atoms with E-state index in [0.717, 1.165) is 29.7 Å². The third-order valence-electron chi connectivity index (χ3n) is 3.84. The molecule has 0 aliphatic carbocycles. The van der Waals surface area contributed by atoms with E-state index in [9.17, 15) is 13.6 Å². The predicted octanol–water partition coefficient (Wildman–Crippen LogP) is 3.50. The molecule has 5 heteroatoms. The van der Waals surface area contributed by atoms with Crippen LogP contribution in [0.25, 0.3) is 0 Å². The first-order valence-corrected chi connectivity index (χ1v) is 8.04. The third kappa shape index (κ3) is 6.08. The van der Waals surface area contributed by atoms with Gasteiger partial charge in [-0.2, -0.15) is 0 Å². The fourth-order valence-electron chi connectivity index (χ4n) is 2.52. The second-order valence-corrected chi connectivity index (χ2v) is 5.70. The molecule has 128 valence electrons. The number of carbonyl (C=O) groups excluding carboxylic acids is 1. The molecule has 0 aliphatic heterocycles. The van der Waals surface area contributed by atoms with Gasteiger partial charge < -0.3 is 10.6 Å². The van der Waals surface area contributed by atoms with E-state index in [1.807, 2.05) is 12.1 Å². The van der Waals surface area contributed by atoms with Gasteiger partial charge in [-0.05, 0) is 61.2 Å². The molecule has 2 aromatic carbocycles. The van der Waals surface area contributed by atoms with E-state index in [1.165, 1.54) is 12.1 Å². The lowest BCUT2D eigenvalue weighted by Crippen LogP contribution is -2.34. The molecule has 2 N–H and O–H groups in total. The summed E-state index contributed by atoms with van der Waals surface area (Å²) in [6.07, 6.45) is 2.92. The topological polar surface area (TPSA) is 41.1 Å². The molecule has 3 nitrogen and oxygen atoms in total. The fourth-order valence-corrected chi connectivity index (χ4v) is 2.52. The summed E-state index contributed by atoms with van der Waals surface area (Å²) < 4.78 is 26.0. The summed E-state index contributed by atoms with van der Waals surface area (Å²) in [6, 6.07) is 13.6. The molecule has 0 saturated heterocycles. The first-order valence-electron chi connectivity index (χ1n) is 8.04. The van der Waals surface area contributed by atoms with E-state index in [2.05, 4.69) is 10.6 Å². The predicted molar refractivity (Wildman–Crippen MR) is 92.3 cm³/mol. The molecule has 0 radical (unpaired) electrons. The summed E-state index contributed by atoms with van der Waals surface area (Å²) >= 11 is 0. The Kier molecular flexibility index (Phi) is 7.36. The van der Waals surface area contributed by atoms with Gasteiger partial charge in [-0.15, -0.1) is 0 Å². The molecule has 0 bridgehead atoms. The normalized spacial score (nSPS) is 11.9. The molecule has 0 aliphatic rings. The van der Waals surface area contributed by atoms with Crippen LogP contribution in [0.15, 0.2) is 48.5 Å². The first-order chi connectivity index (χ1) is 11.7. The van der Waals surface area contributed by atoms with Crippen molar-refractivity contribution in [2.75, 3.05) is 18.5 Å². The molecule has 24 heavy (non-hydrogen) atoms. The van der Waals surface area contributed by atoms with Crippen molar-refractivity contribution in [3.8, 4) is 0 Å². The van der Waals surface area contributed by atoms with Crippen molar-refractivity contribution in [1.82, 2.24) is 5.32 Å². The number of aryl methyl sites for hydroxylation is 1. The van der Waals surface area contributed by atoms with E-state index in [0.29, 0.717) is 19.4 Å². The zero-order valence-electron chi connectivity index (χ0n) is 13.5. The summed E-state index contributed by atoms with van der Waals surface area (Å²) in [5.41, 5.74) is 2.81. The van der Waals surface area contributed by atoms with Crippen LogP contribution in [0.1, 0.15) is 17.5 Å². The summed E-state index contributed by atoms with van der Waals surface area (Å²) in [5.74, 6) is -0.233. The van der Waals surface area contributed by atoms with Gasteiger partial charge >= 0.3 is 0 Å². The number of benzene rings is 2. The minimum absolute atomic E-state index is 0.233. The average molecular weight is 332 g/mol. The molecule has 1 atom stereocenters. The summed E-state index contributed by atoms with van der Waals surface area (Å²) in [6.45, 7) is 0.266. The number of hydrogen-bond acceptors (Lipinski definition) is 2. The Balaban J connectivity index is 1.73. The molecule has 0 heterocycles. The average Bonchev–Trinajstić information content (AvgIpc) is 2.61. The van der Waals surface area contributed by atoms with Crippen LogP contribution in [0.5, 0.6) is 0 Å². The van der Waals surface area contributed by atoms with Crippen molar-refractivity contribution in [3.63, 3.8) is 0 Å². The largest absolute Gasteiger partial charge is 0.329 e. The molecule has 0 aromatic heterocycles. The molecule has 1 unspecified atom stereocenters. The SMILES string of the molecule is O=CNc1ccc(CC(CF)NCCCc2ccc(F)cc2)cc1. The highest BCUT2D eigenvalue weighted by Gasteiger charge is 2.08. The van der Waals surface area contributed by atoms with Crippen molar-refractivity contribution in [1.29, 1.82) is 0 Å². The summed E-state index contributed by atoms with van der Waals surface area (Å²) in [7, 11) is 0. The molecule has 0 saturated carbocycles. The minimum atomic E-state index is -0.440. The Hall–Kier alpha value is -2.27. The lowest BCUT2D eigenvalue weighted by atomic mass is 10.1. The van der Waals surface area contributed by atoms with Crippen molar-refractivity contribution in [2.24, 2.45) is 0 Å². The standard InChI is InChI=1S/C19H22F2N2O/c20-13-19(12-16-5-9-18(10-6-16)23-14-24)22-11-1-2-15-3-7-17(21)8-4-15/h3-10,14,19,22H,1-2,11-13H2,(H,23,24). The third-order valence-corrected chi connectivity index (χ3v) is 3.84. The molecular formula is C19H22F2N2O. The number of carbonyl (C=O) groups is 1. The van der Waals surface area contributed by atoms with Crippen LogP contribution < -0.4 is 10.6 Å². The number of alkyl halides is 1. The lowest BCUT2D eigenvalue weighted by Gasteiger charge is -2.15. The Morgan fingerprint density at radius 2 is 1.67 bits per heavy atom. The van der Waals surface area contributed by atoms with Crippen molar-refractivity contribution in [2.45, 2.75) is 25.3 Å². The van der Waals surface area contributed by atoms with Gasteiger partial charge in [0.05, 0.1) is 0 Å². The number of rotatable bonds is 10. The van der Waals surface area contributed by atoms with Crippen LogP contribution in [-0.2, 0) is 17.6 Å². The molecule has 0 spiro atoms. The van der Waals surface area contributed by atoms with Gasteiger partial charge in [0.1, 0.15) is 12.5 Å². The van der Waals surface area contributed by atoms with Crippen molar-refractivity contribution in [3.05, 3.63) is 65.5 Å². The van der Waals surface area contributed by atoms with E-state index < -0.39 is 6.67 Å². The summed E-state index contributed by atoms with van der Waals surface area (Å²) in [5, 5.41) is 5.79. The van der Waals surface area contributed by atoms with E-state index in [4.69, 9.17) is 0 Å². The Labute approximate surface area is 141 Å². The molecule has 2 aromatic rings. The van der Waals surface area contributed by atoms with Gasteiger partial charge in [0.15, 0.2) is 0 Å². The lowest BCUT2D eigenvalue weighted by molar-refractivity contribution is -0.105. The van der Waals surface area contributed by atoms with E-state index in [1.54, 1.807) is 24.3 Å². The zero-order chi connectivity index (χ0) is 17.2. The number of hydrogen-bond donors (Lipinski definition) is 2. The smallest absolute Gasteiger partial charge is 0.211 e. The van der Waals surface area contributed by atoms with Gasteiger partial charge in [0, 0.05) is 11.7 Å². The Morgan fingerprint density at radius 3 is 2.29 bits per heavy atom. The van der Waals surface area contributed by atoms with Gasteiger partial charge in [-0.3, -0.25) is 4.79 Å². The highest BCUT2D eigenvalue weighted by Crippen LogP contribution is 2.11. The molecule has 2 rings (SSSR count). The second-order valence-electron chi connectivity index (χ2n) is 5.70. The van der Waals surface area contributed by atoms with Gasteiger partial charge in [-0.1, -0.05) is 24.3 Å². The van der Waals surface area contributed by atoms with Crippen molar-refractivity contribution < 1.29 is 13.6 Å². The zero-order valence-corrected chi connectivity index (χ0v) is 13.5. The molecular weight excluding hydrogens is 310 g/mol. The van der Waals surface area contributed by atoms with Gasteiger partial charge in [0.2, 0.25) is 6.41 Å². The van der Waals surface area contributed by atoms with Gasteiger partial charge in [0.25, 0.3) is 0 Å². The van der Waals surface area contributed by atoms with Gasteiger partial charge in [-0.25, -0.2) is 8.78 Å². The summed E-state index contributed by atoms with van der Waals surface area (Å²) in [4.78, 5) is 10.4. The highest BCUT2D eigenvalue weighted by atomic mass is 19.1. The van der Waals surface area contributed by atoms with Crippen molar-refractivity contribution >= 4 is 12.1 Å².